The Bertz CT molecular complexity index is 927. The van der Waals surface area contributed by atoms with Crippen molar-refractivity contribution in [2.75, 3.05) is 0 Å². The third kappa shape index (κ3) is 2.94. The number of carbonyl (C=O) groups is 1. The molecular weight excluding hydrogens is 378 g/mol. The Hall–Kier alpha value is -1.99. The molecule has 0 radical (unpaired) electrons. The van der Waals surface area contributed by atoms with Crippen LogP contribution >= 0.6 is 27.3 Å². The van der Waals surface area contributed by atoms with Crippen molar-refractivity contribution in [3.8, 4) is 5.88 Å². The van der Waals surface area contributed by atoms with Gasteiger partial charge in [-0.1, -0.05) is 11.6 Å². The number of hydrogen-bond donors (Lipinski definition) is 1. The van der Waals surface area contributed by atoms with Gasteiger partial charge in [0.15, 0.2) is 5.69 Å². The average Bonchev–Trinajstić information content (AvgIpc) is 3.06. The van der Waals surface area contributed by atoms with Crippen LogP contribution in [-0.2, 0) is 6.54 Å². The zero-order valence-corrected chi connectivity index (χ0v) is 15.0. The number of halogens is 1. The second-order valence-corrected chi connectivity index (χ2v) is 7.51. The molecule has 1 amide bonds. The molecule has 0 spiro atoms. The summed E-state index contributed by atoms with van der Waals surface area (Å²) in [5.41, 5.74) is 2.25. The fourth-order valence-electron chi connectivity index (χ4n) is 2.43. The predicted molar refractivity (Wildman–Crippen MR) is 94.9 cm³/mol. The number of benzene rings is 1. The number of aryl methyl sites for hydroxylation is 2. The number of aromatic hydroxyl groups is 1. The first-order chi connectivity index (χ1) is 11.0. The van der Waals surface area contributed by atoms with Gasteiger partial charge in [0.1, 0.15) is 0 Å². The van der Waals surface area contributed by atoms with Crippen LogP contribution in [0.3, 0.4) is 0 Å². The third-order valence-corrected chi connectivity index (χ3v) is 5.12. The number of thiophene rings is 1. The van der Waals surface area contributed by atoms with Gasteiger partial charge in [-0.25, -0.2) is 0 Å². The normalized spacial score (nSPS) is 11.6. The van der Waals surface area contributed by atoms with Gasteiger partial charge in [-0.3, -0.25) is 4.79 Å². The molecule has 0 saturated carbocycles. The van der Waals surface area contributed by atoms with Gasteiger partial charge in [0.05, 0.1) is 14.2 Å². The summed E-state index contributed by atoms with van der Waals surface area (Å²) >= 11 is 4.61. The van der Waals surface area contributed by atoms with E-state index in [1.807, 2.05) is 32.0 Å². The molecule has 0 saturated heterocycles. The smallest absolute Gasteiger partial charge is 0.305 e. The minimum Gasteiger partial charge on any atom is -0.493 e. The molecule has 5 nitrogen and oxygen atoms in total. The lowest BCUT2D eigenvalue weighted by molar-refractivity contribution is 0.0999. The van der Waals surface area contributed by atoms with Gasteiger partial charge in [0.25, 0.3) is 0 Å². The predicted octanol–water partition coefficient (Wildman–Crippen LogP) is 5.42. The first-order valence-corrected chi connectivity index (χ1v) is 8.65. The number of fused-ring (bicyclic) bond motifs is 1. The van der Waals surface area contributed by atoms with E-state index >= 15 is 0 Å². The first-order valence-electron chi connectivity index (χ1n) is 7.04. The molecule has 0 unspecified atom stereocenters. The first kappa shape index (κ1) is 15.9. The molecule has 0 fully saturated rings. The average molecular weight is 392 g/mol. The Labute approximate surface area is 145 Å². The topological polar surface area (TPSA) is 66.9 Å². The maximum absolute atomic E-state index is 12.1. The summed E-state index contributed by atoms with van der Waals surface area (Å²) < 4.78 is 2.60. The number of amides is 1. The van der Waals surface area contributed by atoms with Crippen LogP contribution in [0.4, 0.5) is 5.69 Å². The van der Waals surface area contributed by atoms with E-state index in [0.717, 1.165) is 20.3 Å². The zero-order chi connectivity index (χ0) is 16.6. The fourth-order valence-corrected chi connectivity index (χ4v) is 3.70. The van der Waals surface area contributed by atoms with E-state index in [9.17, 15) is 9.90 Å². The van der Waals surface area contributed by atoms with Crippen molar-refractivity contribution >= 4 is 49.8 Å². The number of aromatic nitrogens is 1. The van der Waals surface area contributed by atoms with E-state index in [1.54, 1.807) is 16.7 Å². The third-order valence-electron chi connectivity index (χ3n) is 3.51. The van der Waals surface area contributed by atoms with Crippen molar-refractivity contribution in [1.29, 1.82) is 0 Å². The van der Waals surface area contributed by atoms with Crippen LogP contribution in [0.5, 0.6) is 5.88 Å². The van der Waals surface area contributed by atoms with Crippen LogP contribution in [0.2, 0.25) is 0 Å². The molecule has 0 aliphatic rings. The van der Waals surface area contributed by atoms with Gasteiger partial charge in [-0.15, -0.1) is 21.6 Å². The summed E-state index contributed by atoms with van der Waals surface area (Å²) in [5, 5.41) is 19.0. The highest BCUT2D eigenvalue weighted by Gasteiger charge is 2.16. The van der Waals surface area contributed by atoms with Gasteiger partial charge >= 0.3 is 5.91 Å². The summed E-state index contributed by atoms with van der Waals surface area (Å²) in [6.07, 6.45) is 0. The zero-order valence-electron chi connectivity index (χ0n) is 12.6. The quantitative estimate of drug-likeness (QED) is 0.605. The van der Waals surface area contributed by atoms with Crippen molar-refractivity contribution in [2.24, 2.45) is 10.2 Å². The maximum Gasteiger partial charge on any atom is 0.305 e. The molecule has 0 atom stereocenters. The van der Waals surface area contributed by atoms with E-state index in [2.05, 4.69) is 26.2 Å². The van der Waals surface area contributed by atoms with Gasteiger partial charge in [0.2, 0.25) is 5.88 Å². The molecule has 7 heteroatoms. The monoisotopic (exact) mass is 391 g/mol. The van der Waals surface area contributed by atoms with E-state index in [0.29, 0.717) is 17.1 Å². The second kappa shape index (κ2) is 6.25. The lowest BCUT2D eigenvalue weighted by Gasteiger charge is -2.01. The lowest BCUT2D eigenvalue weighted by atomic mass is 10.1. The minimum atomic E-state index is -0.426. The van der Waals surface area contributed by atoms with Crippen molar-refractivity contribution in [3.63, 3.8) is 0 Å². The standard InChI is InChI=1S/C16H14BrN3O2S/c1-3-20-11-5-4-9(2)8-10(11)14(16(20)22)18-19-15(21)12-6-7-13(17)23-12/h4-8,22H,3H2,1-2H3. The summed E-state index contributed by atoms with van der Waals surface area (Å²) in [5.74, 6) is -0.401. The molecule has 3 rings (SSSR count). The molecule has 23 heavy (non-hydrogen) atoms. The summed E-state index contributed by atoms with van der Waals surface area (Å²) in [6.45, 7) is 4.51. The van der Waals surface area contributed by atoms with Crippen LogP contribution in [0.1, 0.15) is 22.2 Å². The molecular formula is C16H14BrN3O2S. The van der Waals surface area contributed by atoms with Gasteiger partial charge in [-0.2, -0.15) is 0 Å². The Morgan fingerprint density at radius 3 is 2.78 bits per heavy atom. The molecule has 0 bridgehead atoms. The molecule has 2 heterocycles. The number of nitrogens with zero attached hydrogens (tertiary/aromatic N) is 3. The van der Waals surface area contributed by atoms with E-state index in [-0.39, 0.29) is 5.88 Å². The van der Waals surface area contributed by atoms with Crippen molar-refractivity contribution < 1.29 is 9.90 Å². The summed E-state index contributed by atoms with van der Waals surface area (Å²) in [7, 11) is 0. The highest BCUT2D eigenvalue weighted by Crippen LogP contribution is 2.39. The van der Waals surface area contributed by atoms with Crippen LogP contribution in [-0.4, -0.2) is 15.6 Å². The molecule has 1 aromatic carbocycles. The minimum absolute atomic E-state index is 0.0250. The maximum atomic E-state index is 12.1. The van der Waals surface area contributed by atoms with E-state index in [1.165, 1.54) is 11.3 Å². The Kier molecular flexibility index (Phi) is 4.32. The van der Waals surface area contributed by atoms with Crippen LogP contribution < -0.4 is 0 Å². The Balaban J connectivity index is 2.05. The van der Waals surface area contributed by atoms with Crippen LogP contribution in [0, 0.1) is 6.92 Å². The largest absolute Gasteiger partial charge is 0.493 e. The van der Waals surface area contributed by atoms with Crippen LogP contribution in [0.15, 0.2) is 44.3 Å². The van der Waals surface area contributed by atoms with Gasteiger partial charge in [0, 0.05) is 11.9 Å². The Morgan fingerprint density at radius 1 is 1.35 bits per heavy atom. The highest BCUT2D eigenvalue weighted by atomic mass is 79.9. The summed E-state index contributed by atoms with van der Waals surface area (Å²) in [6, 6.07) is 9.32. The van der Waals surface area contributed by atoms with Gasteiger partial charge < -0.3 is 9.67 Å². The Morgan fingerprint density at radius 2 is 2.13 bits per heavy atom. The molecule has 118 valence electrons. The van der Waals surface area contributed by atoms with Gasteiger partial charge in [-0.05, 0) is 54.0 Å². The van der Waals surface area contributed by atoms with Crippen molar-refractivity contribution in [2.45, 2.75) is 20.4 Å². The molecule has 3 aromatic rings. The highest BCUT2D eigenvalue weighted by molar-refractivity contribution is 9.11. The number of carbonyl (C=O) groups excluding carboxylic acids is 1. The fraction of sp³-hybridized carbons (Fsp3) is 0.188. The van der Waals surface area contributed by atoms with Crippen LogP contribution in [0.25, 0.3) is 10.9 Å². The number of azo groups is 1. The molecule has 0 aliphatic carbocycles. The molecule has 1 N–H and O–H groups in total. The van der Waals surface area contributed by atoms with Crippen molar-refractivity contribution in [3.05, 3.63) is 44.6 Å². The molecule has 0 aliphatic heterocycles. The summed E-state index contributed by atoms with van der Waals surface area (Å²) in [4.78, 5) is 12.6. The van der Waals surface area contributed by atoms with Crippen molar-refractivity contribution in [1.82, 2.24) is 4.57 Å². The molecule has 2 aromatic heterocycles. The lowest BCUT2D eigenvalue weighted by Crippen LogP contribution is -1.91. The van der Waals surface area contributed by atoms with E-state index in [4.69, 9.17) is 0 Å². The number of rotatable bonds is 3. The number of hydrogen-bond acceptors (Lipinski definition) is 4. The second-order valence-electron chi connectivity index (χ2n) is 5.05. The SMILES string of the molecule is CCn1c(O)c(N=NC(=O)c2ccc(Br)s2)c2cc(C)ccc21. The van der Waals surface area contributed by atoms with E-state index < -0.39 is 5.91 Å².